The van der Waals surface area contributed by atoms with E-state index < -0.39 is 22.3 Å². The van der Waals surface area contributed by atoms with Gasteiger partial charge in [0.1, 0.15) is 0 Å². The van der Waals surface area contributed by atoms with Crippen molar-refractivity contribution in [3.05, 3.63) is 33.9 Å². The smallest absolute Gasteiger partial charge is 0.338 e. The van der Waals surface area contributed by atoms with Crippen molar-refractivity contribution in [2.24, 2.45) is 0 Å². The van der Waals surface area contributed by atoms with Crippen LogP contribution in [0.2, 0.25) is 0 Å². The van der Waals surface area contributed by atoms with Gasteiger partial charge in [0.2, 0.25) is 0 Å². The molecule has 0 aromatic heterocycles. The Balaban J connectivity index is 3.01. The molecule has 0 heterocycles. The van der Waals surface area contributed by atoms with Gasteiger partial charge in [-0.2, -0.15) is 0 Å². The highest BCUT2D eigenvalue weighted by Crippen LogP contribution is 2.26. The van der Waals surface area contributed by atoms with Crippen LogP contribution in [0.4, 0.5) is 5.69 Å². The van der Waals surface area contributed by atoms with Gasteiger partial charge in [-0.15, -0.1) is 0 Å². The van der Waals surface area contributed by atoms with E-state index in [1.165, 1.54) is 6.07 Å². The number of phenols is 1. The monoisotopic (exact) mass is 211 g/mol. The lowest BCUT2D eigenvalue weighted by Gasteiger charge is -2.02. The van der Waals surface area contributed by atoms with Crippen molar-refractivity contribution in [1.29, 1.82) is 0 Å². The Morgan fingerprint density at radius 3 is 2.73 bits per heavy atom. The highest BCUT2D eigenvalue weighted by atomic mass is 16.6. The van der Waals surface area contributed by atoms with Gasteiger partial charge in [0.15, 0.2) is 5.75 Å². The Kier molecular flexibility index (Phi) is 3.22. The van der Waals surface area contributed by atoms with Gasteiger partial charge in [0, 0.05) is 12.1 Å². The van der Waals surface area contributed by atoms with E-state index in [4.69, 9.17) is 0 Å². The minimum atomic E-state index is -0.732. The zero-order valence-corrected chi connectivity index (χ0v) is 7.97. The van der Waals surface area contributed by atoms with E-state index in [-0.39, 0.29) is 12.2 Å². The third-order valence-corrected chi connectivity index (χ3v) is 1.68. The predicted octanol–water partition coefficient (Wildman–Crippen LogP) is 1.48. The molecule has 0 spiro atoms. The van der Waals surface area contributed by atoms with E-state index in [9.17, 15) is 20.0 Å². The Bertz CT molecular complexity index is 401. The molecule has 0 amide bonds. The number of esters is 1. The summed E-state index contributed by atoms with van der Waals surface area (Å²) in [5.41, 5.74) is -0.358. The topological polar surface area (TPSA) is 89.7 Å². The van der Waals surface area contributed by atoms with E-state index in [1.54, 1.807) is 6.92 Å². The van der Waals surface area contributed by atoms with Gasteiger partial charge in [0.25, 0.3) is 0 Å². The van der Waals surface area contributed by atoms with E-state index in [0.717, 1.165) is 12.1 Å². The number of carbonyl (C=O) groups excluding carboxylic acids is 1. The molecule has 0 saturated carbocycles. The van der Waals surface area contributed by atoms with Crippen LogP contribution < -0.4 is 0 Å². The first-order valence-corrected chi connectivity index (χ1v) is 4.20. The number of hydrogen-bond donors (Lipinski definition) is 1. The molecule has 80 valence electrons. The van der Waals surface area contributed by atoms with Gasteiger partial charge in [-0.1, -0.05) is 0 Å². The maximum Gasteiger partial charge on any atom is 0.338 e. The minimum Gasteiger partial charge on any atom is -0.502 e. The average molecular weight is 211 g/mol. The molecule has 15 heavy (non-hydrogen) atoms. The number of nitro benzene ring substituents is 1. The van der Waals surface area contributed by atoms with E-state index in [1.807, 2.05) is 0 Å². The number of ether oxygens (including phenoxy) is 1. The number of benzene rings is 1. The quantitative estimate of drug-likeness (QED) is 0.464. The molecular weight excluding hydrogens is 202 g/mol. The molecule has 0 fully saturated rings. The summed E-state index contributed by atoms with van der Waals surface area (Å²) in [5, 5.41) is 19.6. The van der Waals surface area contributed by atoms with Crippen molar-refractivity contribution in [3.8, 4) is 5.75 Å². The van der Waals surface area contributed by atoms with Crippen LogP contribution in [0, 0.1) is 10.1 Å². The molecule has 0 atom stereocenters. The lowest BCUT2D eigenvalue weighted by atomic mass is 10.2. The first-order chi connectivity index (χ1) is 7.06. The summed E-state index contributed by atoms with van der Waals surface area (Å²) in [6.07, 6.45) is 0. The SMILES string of the molecule is CCOC(=O)c1ccc([N+](=O)[O-])c(O)c1. The number of hydrogen-bond acceptors (Lipinski definition) is 5. The Morgan fingerprint density at radius 1 is 1.60 bits per heavy atom. The first kappa shape index (κ1) is 11.0. The molecule has 6 nitrogen and oxygen atoms in total. The second kappa shape index (κ2) is 4.41. The highest BCUT2D eigenvalue weighted by Gasteiger charge is 2.16. The lowest BCUT2D eigenvalue weighted by Crippen LogP contribution is -2.04. The molecule has 0 bridgehead atoms. The summed E-state index contributed by atoms with van der Waals surface area (Å²) < 4.78 is 4.66. The zero-order valence-electron chi connectivity index (χ0n) is 7.97. The standard InChI is InChI=1S/C9H9NO5/c1-2-15-9(12)6-3-4-7(10(13)14)8(11)5-6/h3-5,11H,2H2,1H3. The fraction of sp³-hybridized carbons (Fsp3) is 0.222. The molecule has 0 aliphatic carbocycles. The first-order valence-electron chi connectivity index (χ1n) is 4.20. The van der Waals surface area contributed by atoms with Crippen LogP contribution in [-0.4, -0.2) is 22.6 Å². The number of nitro groups is 1. The number of nitrogens with zero attached hydrogens (tertiary/aromatic N) is 1. The van der Waals surface area contributed by atoms with Gasteiger partial charge < -0.3 is 9.84 Å². The molecule has 0 aliphatic heterocycles. The third kappa shape index (κ3) is 2.43. The normalized spacial score (nSPS) is 9.67. The van der Waals surface area contributed by atoms with Crippen LogP contribution in [0.25, 0.3) is 0 Å². The predicted molar refractivity (Wildman–Crippen MR) is 50.7 cm³/mol. The fourth-order valence-electron chi connectivity index (χ4n) is 1.02. The summed E-state index contributed by atoms with van der Waals surface area (Å²) in [6, 6.07) is 3.30. The number of carbonyl (C=O) groups is 1. The van der Waals surface area contributed by atoms with Crippen molar-refractivity contribution in [2.75, 3.05) is 6.61 Å². The van der Waals surface area contributed by atoms with Gasteiger partial charge in [0.05, 0.1) is 17.1 Å². The van der Waals surface area contributed by atoms with Crippen LogP contribution >= 0.6 is 0 Å². The van der Waals surface area contributed by atoms with Crippen LogP contribution in [0.5, 0.6) is 5.75 Å². The van der Waals surface area contributed by atoms with Gasteiger partial charge in [-0.25, -0.2) is 4.79 Å². The van der Waals surface area contributed by atoms with E-state index in [0.29, 0.717) is 0 Å². The van der Waals surface area contributed by atoms with Gasteiger partial charge in [-0.05, 0) is 13.0 Å². The van der Waals surface area contributed by atoms with Crippen molar-refractivity contribution >= 4 is 11.7 Å². The van der Waals surface area contributed by atoms with Crippen molar-refractivity contribution < 1.29 is 19.6 Å². The molecule has 0 saturated heterocycles. The van der Waals surface area contributed by atoms with Gasteiger partial charge in [-0.3, -0.25) is 10.1 Å². The molecule has 0 aliphatic rings. The summed E-state index contributed by atoms with van der Waals surface area (Å²) in [7, 11) is 0. The second-order valence-electron chi connectivity index (χ2n) is 2.68. The second-order valence-corrected chi connectivity index (χ2v) is 2.68. The van der Waals surface area contributed by atoms with Crippen molar-refractivity contribution in [1.82, 2.24) is 0 Å². The number of phenolic OH excluding ortho intramolecular Hbond substituents is 1. The highest BCUT2D eigenvalue weighted by molar-refractivity contribution is 5.90. The fourth-order valence-corrected chi connectivity index (χ4v) is 1.02. The zero-order chi connectivity index (χ0) is 11.4. The van der Waals surface area contributed by atoms with Crippen molar-refractivity contribution in [2.45, 2.75) is 6.92 Å². The minimum absolute atomic E-state index is 0.0833. The maximum atomic E-state index is 11.2. The maximum absolute atomic E-state index is 11.2. The summed E-state index contributed by atoms with van der Waals surface area (Å²) >= 11 is 0. The number of rotatable bonds is 3. The van der Waals surface area contributed by atoms with Gasteiger partial charge >= 0.3 is 11.7 Å². The van der Waals surface area contributed by atoms with E-state index >= 15 is 0 Å². The molecule has 0 radical (unpaired) electrons. The van der Waals surface area contributed by atoms with E-state index in [2.05, 4.69) is 4.74 Å². The number of aromatic hydroxyl groups is 1. The summed E-state index contributed by atoms with van der Waals surface area (Å²) in [4.78, 5) is 20.8. The molecule has 1 aromatic rings. The lowest BCUT2D eigenvalue weighted by molar-refractivity contribution is -0.385. The van der Waals surface area contributed by atoms with Crippen LogP contribution in [0.1, 0.15) is 17.3 Å². The van der Waals surface area contributed by atoms with Crippen LogP contribution in [-0.2, 0) is 4.74 Å². The Morgan fingerprint density at radius 2 is 2.27 bits per heavy atom. The largest absolute Gasteiger partial charge is 0.502 e. The summed E-state index contributed by atoms with van der Waals surface area (Å²) in [6.45, 7) is 1.85. The van der Waals surface area contributed by atoms with Crippen molar-refractivity contribution in [3.63, 3.8) is 0 Å². The Hall–Kier alpha value is -2.11. The van der Waals surface area contributed by atoms with Crippen LogP contribution in [0.3, 0.4) is 0 Å². The molecule has 6 heteroatoms. The summed E-state index contributed by atoms with van der Waals surface area (Å²) in [5.74, 6) is -1.17. The average Bonchev–Trinajstić information content (AvgIpc) is 2.17. The van der Waals surface area contributed by atoms with Crippen LogP contribution in [0.15, 0.2) is 18.2 Å². The molecular formula is C9H9NO5. The Labute approximate surface area is 85.2 Å². The third-order valence-electron chi connectivity index (χ3n) is 1.68. The molecule has 1 rings (SSSR count). The molecule has 0 unspecified atom stereocenters. The molecule has 1 aromatic carbocycles. The molecule has 1 N–H and O–H groups in total.